The monoisotopic (exact) mass is 287 g/mol. The van der Waals surface area contributed by atoms with Gasteiger partial charge in [0.2, 0.25) is 0 Å². The number of para-hydroxylation sites is 1. The van der Waals surface area contributed by atoms with Crippen molar-refractivity contribution in [1.82, 2.24) is 5.32 Å². The van der Waals surface area contributed by atoms with Gasteiger partial charge in [0, 0.05) is 6.54 Å². The summed E-state index contributed by atoms with van der Waals surface area (Å²) >= 11 is 0. The molecule has 6 nitrogen and oxygen atoms in total. The van der Waals surface area contributed by atoms with Crippen molar-refractivity contribution in [2.24, 2.45) is 0 Å². The molecular formula is C15H13NO5. The van der Waals surface area contributed by atoms with E-state index in [2.05, 4.69) is 5.32 Å². The third-order valence-corrected chi connectivity index (χ3v) is 2.89. The molecule has 0 fully saturated rings. The number of phenols is 2. The summed E-state index contributed by atoms with van der Waals surface area (Å²) in [5.41, 5.74) is 0.689. The van der Waals surface area contributed by atoms with Crippen LogP contribution in [-0.4, -0.2) is 27.2 Å². The second-order valence-electron chi connectivity index (χ2n) is 4.36. The second-order valence-corrected chi connectivity index (χ2v) is 4.36. The minimum atomic E-state index is -1.05. The predicted molar refractivity (Wildman–Crippen MR) is 74.3 cm³/mol. The van der Waals surface area contributed by atoms with E-state index in [1.165, 1.54) is 30.3 Å². The van der Waals surface area contributed by atoms with Gasteiger partial charge in [-0.2, -0.15) is 0 Å². The van der Waals surface area contributed by atoms with E-state index in [0.717, 1.165) is 0 Å². The molecule has 1 amide bonds. The average Bonchev–Trinajstić information content (AvgIpc) is 2.48. The number of hydrogen-bond donors (Lipinski definition) is 4. The first kappa shape index (κ1) is 14.4. The molecule has 0 saturated carbocycles. The first-order chi connectivity index (χ1) is 9.99. The van der Waals surface area contributed by atoms with Crippen molar-refractivity contribution < 1.29 is 24.9 Å². The van der Waals surface area contributed by atoms with Crippen LogP contribution in [-0.2, 0) is 6.54 Å². The molecule has 2 rings (SSSR count). The third kappa shape index (κ3) is 3.30. The summed E-state index contributed by atoms with van der Waals surface area (Å²) in [7, 11) is 0. The largest absolute Gasteiger partial charge is 0.504 e. The molecule has 21 heavy (non-hydrogen) atoms. The molecule has 0 radical (unpaired) electrons. The first-order valence-electron chi connectivity index (χ1n) is 6.10. The minimum Gasteiger partial charge on any atom is -0.504 e. The van der Waals surface area contributed by atoms with Gasteiger partial charge in [-0.25, -0.2) is 4.79 Å². The Kier molecular flexibility index (Phi) is 4.08. The van der Waals surface area contributed by atoms with Crippen molar-refractivity contribution in [3.63, 3.8) is 0 Å². The highest BCUT2D eigenvalue weighted by atomic mass is 16.4. The molecule has 0 aliphatic carbocycles. The van der Waals surface area contributed by atoms with Crippen LogP contribution < -0.4 is 5.32 Å². The van der Waals surface area contributed by atoms with Gasteiger partial charge in [0.15, 0.2) is 11.5 Å². The zero-order valence-corrected chi connectivity index (χ0v) is 10.9. The molecule has 0 unspecified atom stereocenters. The van der Waals surface area contributed by atoms with Crippen molar-refractivity contribution in [3.05, 3.63) is 59.2 Å². The lowest BCUT2D eigenvalue weighted by Gasteiger charge is -2.08. The van der Waals surface area contributed by atoms with Gasteiger partial charge in [-0.15, -0.1) is 0 Å². The van der Waals surface area contributed by atoms with Gasteiger partial charge in [-0.1, -0.05) is 18.2 Å². The third-order valence-electron chi connectivity index (χ3n) is 2.89. The minimum absolute atomic E-state index is 0.0515. The van der Waals surface area contributed by atoms with E-state index in [4.69, 9.17) is 5.11 Å². The maximum absolute atomic E-state index is 11.9. The molecule has 0 heterocycles. The standard InChI is InChI=1S/C15H13NO5/c17-12-6-2-5-11(13(12)18)14(19)16-8-9-3-1-4-10(7-9)15(20)21/h1-7,17-18H,8H2,(H,16,19)(H,20,21). The Bertz CT molecular complexity index is 696. The number of rotatable bonds is 4. The molecule has 0 spiro atoms. The molecular weight excluding hydrogens is 274 g/mol. The maximum Gasteiger partial charge on any atom is 0.335 e. The number of nitrogens with one attached hydrogen (secondary N) is 1. The van der Waals surface area contributed by atoms with E-state index in [1.807, 2.05) is 0 Å². The molecule has 0 aliphatic rings. The lowest BCUT2D eigenvalue weighted by atomic mass is 10.1. The average molecular weight is 287 g/mol. The normalized spacial score (nSPS) is 10.1. The van der Waals surface area contributed by atoms with Gasteiger partial charge >= 0.3 is 5.97 Å². The SMILES string of the molecule is O=C(O)c1cccc(CNC(=O)c2cccc(O)c2O)c1. The van der Waals surface area contributed by atoms with E-state index in [-0.39, 0.29) is 23.4 Å². The van der Waals surface area contributed by atoms with Crippen molar-refractivity contribution in [2.45, 2.75) is 6.54 Å². The topological polar surface area (TPSA) is 107 Å². The van der Waals surface area contributed by atoms with Crippen LogP contribution in [0.25, 0.3) is 0 Å². The molecule has 0 saturated heterocycles. The maximum atomic E-state index is 11.9. The Morgan fingerprint density at radius 3 is 2.48 bits per heavy atom. The number of carbonyl (C=O) groups is 2. The van der Waals surface area contributed by atoms with Crippen LogP contribution in [0.4, 0.5) is 0 Å². The lowest BCUT2D eigenvalue weighted by molar-refractivity contribution is 0.0696. The van der Waals surface area contributed by atoms with Gasteiger partial charge in [-0.05, 0) is 29.8 Å². The van der Waals surface area contributed by atoms with Crippen molar-refractivity contribution >= 4 is 11.9 Å². The fourth-order valence-corrected chi connectivity index (χ4v) is 1.81. The molecule has 2 aromatic rings. The number of aromatic hydroxyl groups is 2. The van der Waals surface area contributed by atoms with Crippen LogP contribution in [0.1, 0.15) is 26.3 Å². The number of benzene rings is 2. The zero-order valence-electron chi connectivity index (χ0n) is 10.9. The summed E-state index contributed by atoms with van der Waals surface area (Å²) in [4.78, 5) is 22.8. The Morgan fingerprint density at radius 2 is 1.76 bits per heavy atom. The van der Waals surface area contributed by atoms with Crippen LogP contribution in [0.2, 0.25) is 0 Å². The molecule has 108 valence electrons. The quantitative estimate of drug-likeness (QED) is 0.641. The summed E-state index contributed by atoms with van der Waals surface area (Å²) in [5, 5.41) is 30.4. The Morgan fingerprint density at radius 1 is 1.05 bits per heavy atom. The number of carboxylic acid groups (broad SMARTS) is 1. The molecule has 0 atom stereocenters. The van der Waals surface area contributed by atoms with E-state index >= 15 is 0 Å². The molecule has 0 aliphatic heterocycles. The van der Waals surface area contributed by atoms with Gasteiger partial charge in [0.1, 0.15) is 0 Å². The van der Waals surface area contributed by atoms with Crippen LogP contribution in [0, 0.1) is 0 Å². The van der Waals surface area contributed by atoms with Gasteiger partial charge in [-0.3, -0.25) is 4.79 Å². The highest BCUT2D eigenvalue weighted by molar-refractivity contribution is 5.97. The van der Waals surface area contributed by atoms with Crippen molar-refractivity contribution in [2.75, 3.05) is 0 Å². The van der Waals surface area contributed by atoms with E-state index < -0.39 is 17.6 Å². The molecule has 0 aromatic heterocycles. The summed E-state index contributed by atoms with van der Waals surface area (Å²) in [5.74, 6) is -2.48. The number of hydrogen-bond acceptors (Lipinski definition) is 4. The fourth-order valence-electron chi connectivity index (χ4n) is 1.81. The smallest absolute Gasteiger partial charge is 0.335 e. The van der Waals surface area contributed by atoms with E-state index in [0.29, 0.717) is 5.56 Å². The second kappa shape index (κ2) is 5.96. The predicted octanol–water partition coefficient (Wildman–Crippen LogP) is 1.73. The van der Waals surface area contributed by atoms with Crippen LogP contribution in [0.15, 0.2) is 42.5 Å². The summed E-state index contributed by atoms with van der Waals surface area (Å²) in [6.07, 6.45) is 0. The number of phenolic OH excluding ortho intramolecular Hbond substituents is 2. The highest BCUT2D eigenvalue weighted by Gasteiger charge is 2.13. The molecule has 2 aromatic carbocycles. The van der Waals surface area contributed by atoms with E-state index in [1.54, 1.807) is 12.1 Å². The van der Waals surface area contributed by atoms with E-state index in [9.17, 15) is 19.8 Å². The molecule has 6 heteroatoms. The Balaban J connectivity index is 2.09. The van der Waals surface area contributed by atoms with Gasteiger partial charge in [0.05, 0.1) is 11.1 Å². The van der Waals surface area contributed by atoms with Crippen LogP contribution in [0.3, 0.4) is 0 Å². The highest BCUT2D eigenvalue weighted by Crippen LogP contribution is 2.27. The fraction of sp³-hybridized carbons (Fsp3) is 0.0667. The van der Waals surface area contributed by atoms with Gasteiger partial charge < -0.3 is 20.6 Å². The molecule has 0 bridgehead atoms. The zero-order chi connectivity index (χ0) is 15.4. The Labute approximate surface area is 120 Å². The van der Waals surface area contributed by atoms with Gasteiger partial charge in [0.25, 0.3) is 5.91 Å². The summed E-state index contributed by atoms with van der Waals surface area (Å²) in [6.45, 7) is 0.106. The van der Waals surface area contributed by atoms with Crippen molar-refractivity contribution in [3.8, 4) is 11.5 Å². The number of aromatic carboxylic acids is 1. The van der Waals surface area contributed by atoms with Crippen molar-refractivity contribution in [1.29, 1.82) is 0 Å². The van der Waals surface area contributed by atoms with Crippen LogP contribution >= 0.6 is 0 Å². The first-order valence-corrected chi connectivity index (χ1v) is 6.10. The summed E-state index contributed by atoms with van der Waals surface area (Å²) in [6, 6.07) is 10.2. The summed E-state index contributed by atoms with van der Waals surface area (Å²) < 4.78 is 0. The number of carbonyl (C=O) groups excluding carboxylic acids is 1. The lowest BCUT2D eigenvalue weighted by Crippen LogP contribution is -2.23. The van der Waals surface area contributed by atoms with Crippen LogP contribution in [0.5, 0.6) is 11.5 Å². The number of carboxylic acids is 1. The Hall–Kier alpha value is -3.02. The molecule has 4 N–H and O–H groups in total. The number of amides is 1.